The molecule has 0 spiro atoms. The first-order valence-electron chi connectivity index (χ1n) is 6.60. The number of amides is 1. The Morgan fingerprint density at radius 2 is 2.05 bits per heavy atom. The Hall–Kier alpha value is -2.61. The number of hydrogen-bond donors (Lipinski definition) is 2. The van der Waals surface area contributed by atoms with Crippen LogP contribution in [-0.4, -0.2) is 48.6 Å². The van der Waals surface area contributed by atoms with Crippen molar-refractivity contribution in [1.29, 1.82) is 0 Å². The third kappa shape index (κ3) is 3.73. The number of aliphatic hydroxyl groups excluding tert-OH is 1. The molecule has 1 aromatic carbocycles. The number of carbonyl (C=O) groups excluding carboxylic acids is 1. The second kappa shape index (κ2) is 7.41. The number of aromatic nitrogens is 2. The number of hydrogen-bond acceptors (Lipinski definition) is 7. The molecule has 0 atom stereocenters. The lowest BCUT2D eigenvalue weighted by molar-refractivity contribution is 0.0908. The zero-order chi connectivity index (χ0) is 15.9. The molecule has 1 aromatic heterocycles. The van der Waals surface area contributed by atoms with Crippen LogP contribution in [0.1, 0.15) is 22.1 Å². The predicted molar refractivity (Wildman–Crippen MR) is 76.1 cm³/mol. The number of nitrogens with one attached hydrogen (secondary N) is 1. The summed E-state index contributed by atoms with van der Waals surface area (Å²) in [5.41, 5.74) is 0.878. The van der Waals surface area contributed by atoms with Crippen LogP contribution < -0.4 is 14.8 Å². The molecule has 0 saturated carbocycles. The quantitative estimate of drug-likeness (QED) is 0.762. The Morgan fingerprint density at radius 3 is 2.73 bits per heavy atom. The van der Waals surface area contributed by atoms with Crippen molar-refractivity contribution in [3.63, 3.8) is 0 Å². The van der Waals surface area contributed by atoms with E-state index in [4.69, 9.17) is 19.0 Å². The van der Waals surface area contributed by atoms with E-state index in [1.165, 1.54) is 0 Å². The van der Waals surface area contributed by atoms with E-state index in [2.05, 4.69) is 15.5 Å². The summed E-state index contributed by atoms with van der Waals surface area (Å²) in [5, 5.41) is 18.6. The van der Waals surface area contributed by atoms with Crippen molar-refractivity contribution in [3.8, 4) is 11.5 Å². The average Bonchev–Trinajstić information content (AvgIpc) is 3.01. The fraction of sp³-hybridized carbons (Fsp3) is 0.357. The third-order valence-electron chi connectivity index (χ3n) is 2.86. The first kappa shape index (κ1) is 15.8. The van der Waals surface area contributed by atoms with Gasteiger partial charge >= 0.3 is 11.8 Å². The molecule has 22 heavy (non-hydrogen) atoms. The Bertz CT molecular complexity index is 641. The van der Waals surface area contributed by atoms with E-state index in [-0.39, 0.29) is 19.0 Å². The lowest BCUT2D eigenvalue weighted by Crippen LogP contribution is -2.26. The highest BCUT2D eigenvalue weighted by Crippen LogP contribution is 2.28. The summed E-state index contributed by atoms with van der Waals surface area (Å²) in [5.74, 6) is 0.881. The van der Waals surface area contributed by atoms with Crippen molar-refractivity contribution < 1.29 is 23.8 Å². The second-order valence-electron chi connectivity index (χ2n) is 4.35. The summed E-state index contributed by atoms with van der Waals surface area (Å²) in [6, 6.07) is 5.42. The maximum atomic E-state index is 11.6. The van der Waals surface area contributed by atoms with Gasteiger partial charge in [-0.05, 0) is 17.7 Å². The van der Waals surface area contributed by atoms with Crippen LogP contribution in [0, 0.1) is 0 Å². The normalized spacial score (nSPS) is 10.3. The zero-order valence-corrected chi connectivity index (χ0v) is 12.3. The highest BCUT2D eigenvalue weighted by atomic mass is 16.5. The fourth-order valence-electron chi connectivity index (χ4n) is 1.83. The molecule has 0 bridgehead atoms. The monoisotopic (exact) mass is 307 g/mol. The highest BCUT2D eigenvalue weighted by Gasteiger charge is 2.15. The van der Waals surface area contributed by atoms with Gasteiger partial charge in [0.05, 0.1) is 27.2 Å². The Labute approximate surface area is 127 Å². The second-order valence-corrected chi connectivity index (χ2v) is 4.35. The molecule has 1 heterocycles. The third-order valence-corrected chi connectivity index (χ3v) is 2.86. The van der Waals surface area contributed by atoms with Gasteiger partial charge < -0.3 is 24.3 Å². The molecule has 0 radical (unpaired) electrons. The van der Waals surface area contributed by atoms with Crippen LogP contribution in [0.4, 0.5) is 0 Å². The lowest BCUT2D eigenvalue weighted by Gasteiger charge is -2.08. The van der Waals surface area contributed by atoms with Gasteiger partial charge in [-0.3, -0.25) is 4.79 Å². The van der Waals surface area contributed by atoms with E-state index >= 15 is 0 Å². The zero-order valence-electron chi connectivity index (χ0n) is 12.3. The van der Waals surface area contributed by atoms with Gasteiger partial charge in [0.2, 0.25) is 5.89 Å². The van der Waals surface area contributed by atoms with Crippen molar-refractivity contribution in [3.05, 3.63) is 35.5 Å². The van der Waals surface area contributed by atoms with Crippen LogP contribution in [0.15, 0.2) is 22.6 Å². The van der Waals surface area contributed by atoms with E-state index in [1.54, 1.807) is 26.4 Å². The summed E-state index contributed by atoms with van der Waals surface area (Å²) in [6.45, 7) is -0.0232. The van der Waals surface area contributed by atoms with E-state index in [1.807, 2.05) is 6.07 Å². The number of carbonyl (C=O) groups is 1. The SMILES string of the molecule is COc1ccc(Cc2nnc(C(=O)NCCO)o2)cc1OC. The molecule has 2 rings (SSSR count). The van der Waals surface area contributed by atoms with Crippen molar-refractivity contribution in [2.24, 2.45) is 0 Å². The van der Waals surface area contributed by atoms with Crippen LogP contribution in [0.3, 0.4) is 0 Å². The number of rotatable bonds is 7. The van der Waals surface area contributed by atoms with E-state index in [0.29, 0.717) is 23.8 Å². The van der Waals surface area contributed by atoms with Gasteiger partial charge in [-0.15, -0.1) is 10.2 Å². The largest absolute Gasteiger partial charge is 0.493 e. The van der Waals surface area contributed by atoms with Crippen LogP contribution in [0.2, 0.25) is 0 Å². The molecular formula is C14H17N3O5. The van der Waals surface area contributed by atoms with Gasteiger partial charge in [0.25, 0.3) is 0 Å². The Morgan fingerprint density at radius 1 is 1.27 bits per heavy atom. The minimum atomic E-state index is -0.514. The smallest absolute Gasteiger partial charge is 0.308 e. The maximum Gasteiger partial charge on any atom is 0.308 e. The van der Waals surface area contributed by atoms with Gasteiger partial charge in [-0.1, -0.05) is 6.07 Å². The summed E-state index contributed by atoms with van der Waals surface area (Å²) >= 11 is 0. The maximum absolute atomic E-state index is 11.6. The number of aliphatic hydroxyl groups is 1. The number of nitrogens with zero attached hydrogens (tertiary/aromatic N) is 2. The minimum Gasteiger partial charge on any atom is -0.493 e. The number of benzene rings is 1. The molecule has 118 valence electrons. The molecule has 0 aliphatic heterocycles. The predicted octanol–water partition coefficient (Wildman–Crippen LogP) is 0.400. The number of methoxy groups -OCH3 is 2. The fourth-order valence-corrected chi connectivity index (χ4v) is 1.83. The van der Waals surface area contributed by atoms with Gasteiger partial charge in [0.1, 0.15) is 0 Å². The van der Waals surface area contributed by atoms with Crippen molar-refractivity contribution >= 4 is 5.91 Å². The summed E-state index contributed by atoms with van der Waals surface area (Å²) in [4.78, 5) is 11.6. The highest BCUT2D eigenvalue weighted by molar-refractivity contribution is 5.89. The molecule has 0 saturated heterocycles. The Balaban J connectivity index is 2.08. The molecule has 2 aromatic rings. The van der Waals surface area contributed by atoms with Crippen LogP contribution >= 0.6 is 0 Å². The van der Waals surface area contributed by atoms with Crippen molar-refractivity contribution in [2.75, 3.05) is 27.4 Å². The molecule has 8 heteroatoms. The van der Waals surface area contributed by atoms with E-state index in [9.17, 15) is 4.79 Å². The molecule has 8 nitrogen and oxygen atoms in total. The minimum absolute atomic E-state index is 0.131. The Kier molecular flexibility index (Phi) is 5.31. The average molecular weight is 307 g/mol. The van der Waals surface area contributed by atoms with Gasteiger partial charge in [-0.25, -0.2) is 0 Å². The lowest BCUT2D eigenvalue weighted by atomic mass is 10.1. The van der Waals surface area contributed by atoms with Crippen LogP contribution in [0.25, 0.3) is 0 Å². The van der Waals surface area contributed by atoms with E-state index in [0.717, 1.165) is 5.56 Å². The van der Waals surface area contributed by atoms with Crippen LogP contribution in [0.5, 0.6) is 11.5 Å². The first-order valence-corrected chi connectivity index (χ1v) is 6.60. The molecule has 0 aliphatic rings. The van der Waals surface area contributed by atoms with Gasteiger partial charge in [-0.2, -0.15) is 0 Å². The molecule has 0 unspecified atom stereocenters. The molecule has 2 N–H and O–H groups in total. The van der Waals surface area contributed by atoms with Crippen molar-refractivity contribution in [2.45, 2.75) is 6.42 Å². The molecule has 1 amide bonds. The van der Waals surface area contributed by atoms with Crippen molar-refractivity contribution in [1.82, 2.24) is 15.5 Å². The summed E-state index contributed by atoms with van der Waals surface area (Å²) in [6.07, 6.45) is 0.362. The van der Waals surface area contributed by atoms with Gasteiger partial charge in [0, 0.05) is 6.54 Å². The molecule has 0 fully saturated rings. The first-order chi connectivity index (χ1) is 10.7. The topological polar surface area (TPSA) is 107 Å². The van der Waals surface area contributed by atoms with E-state index < -0.39 is 5.91 Å². The summed E-state index contributed by atoms with van der Waals surface area (Å²) < 4.78 is 15.7. The number of ether oxygens (including phenoxy) is 2. The molecule has 0 aliphatic carbocycles. The summed E-state index contributed by atoms with van der Waals surface area (Å²) in [7, 11) is 3.12. The van der Waals surface area contributed by atoms with Crippen LogP contribution in [-0.2, 0) is 6.42 Å². The van der Waals surface area contributed by atoms with Gasteiger partial charge in [0.15, 0.2) is 11.5 Å². The molecular weight excluding hydrogens is 290 g/mol. The standard InChI is InChI=1S/C14H17N3O5/c1-20-10-4-3-9(7-11(10)21-2)8-12-16-17-14(22-12)13(19)15-5-6-18/h3-4,7,18H,5-6,8H2,1-2H3,(H,15,19).